The highest BCUT2D eigenvalue weighted by molar-refractivity contribution is 5.37. The molecule has 1 aromatic heterocycles. The lowest BCUT2D eigenvalue weighted by Crippen LogP contribution is -2.21. The Labute approximate surface area is 123 Å². The molecule has 2 heterocycles. The quantitative estimate of drug-likeness (QED) is 0.908. The summed E-state index contributed by atoms with van der Waals surface area (Å²) < 4.78 is 16.6. The largest absolute Gasteiger partial charge is 0.480 e. The van der Waals surface area contributed by atoms with Crippen LogP contribution in [0.3, 0.4) is 0 Å². The van der Waals surface area contributed by atoms with Crippen LogP contribution in [0.1, 0.15) is 43.3 Å². The molecule has 0 amide bonds. The van der Waals surface area contributed by atoms with Gasteiger partial charge in [0.05, 0.1) is 18.8 Å². The molecule has 3 rings (SSSR count). The number of nitrogens with two attached hydrogens (primary N) is 1. The highest BCUT2D eigenvalue weighted by Gasteiger charge is 2.29. The minimum Gasteiger partial charge on any atom is -0.480 e. The van der Waals surface area contributed by atoms with Gasteiger partial charge in [0, 0.05) is 6.42 Å². The fourth-order valence-electron chi connectivity index (χ4n) is 2.22. The second-order valence-electron chi connectivity index (χ2n) is 5.40. The number of hydrogen-bond donors (Lipinski definition) is 1. The zero-order valence-electron chi connectivity index (χ0n) is 12.2. The molecule has 2 N–H and O–H groups in total. The van der Waals surface area contributed by atoms with Crippen LogP contribution < -0.4 is 10.5 Å². The molecule has 2 aromatic rings. The second-order valence-corrected chi connectivity index (χ2v) is 5.40. The van der Waals surface area contributed by atoms with Crippen molar-refractivity contribution in [1.82, 2.24) is 10.1 Å². The Bertz CT molecular complexity index is 587. The maximum absolute atomic E-state index is 5.99. The molecule has 2 atom stereocenters. The van der Waals surface area contributed by atoms with Crippen molar-refractivity contribution in [3.8, 4) is 5.75 Å². The summed E-state index contributed by atoms with van der Waals surface area (Å²) >= 11 is 0. The smallest absolute Gasteiger partial charge is 0.268 e. The molecular weight excluding hydrogens is 270 g/mol. The standard InChI is InChI=1S/C15H19N3O3/c1-9(2)19-8-11(16)14-17-15(21-18-14)13-7-10-5-3-4-6-12(10)20-13/h3-6,9,11,13H,7-8,16H2,1-2H3. The van der Waals surface area contributed by atoms with E-state index in [9.17, 15) is 0 Å². The van der Waals surface area contributed by atoms with Crippen LogP contribution in [0.25, 0.3) is 0 Å². The number of ether oxygens (including phenoxy) is 2. The van der Waals surface area contributed by atoms with E-state index in [1.165, 1.54) is 0 Å². The lowest BCUT2D eigenvalue weighted by Gasteiger charge is -2.10. The van der Waals surface area contributed by atoms with Crippen molar-refractivity contribution in [2.45, 2.75) is 38.5 Å². The summed E-state index contributed by atoms with van der Waals surface area (Å²) in [7, 11) is 0. The molecule has 21 heavy (non-hydrogen) atoms. The fraction of sp³-hybridized carbons (Fsp3) is 0.467. The number of benzene rings is 1. The summed E-state index contributed by atoms with van der Waals surface area (Å²) in [6.45, 7) is 4.28. The number of nitrogens with zero attached hydrogens (tertiary/aromatic N) is 2. The minimum atomic E-state index is -0.395. The summed E-state index contributed by atoms with van der Waals surface area (Å²) in [6.07, 6.45) is 0.618. The van der Waals surface area contributed by atoms with Gasteiger partial charge in [-0.3, -0.25) is 0 Å². The van der Waals surface area contributed by atoms with E-state index in [0.717, 1.165) is 17.7 Å². The van der Waals surface area contributed by atoms with Crippen LogP contribution in [0.5, 0.6) is 5.75 Å². The molecule has 1 aliphatic rings. The maximum Gasteiger partial charge on any atom is 0.268 e. The van der Waals surface area contributed by atoms with Gasteiger partial charge in [0.25, 0.3) is 5.89 Å². The lowest BCUT2D eigenvalue weighted by molar-refractivity contribution is 0.0665. The van der Waals surface area contributed by atoms with Crippen molar-refractivity contribution >= 4 is 0 Å². The summed E-state index contributed by atoms with van der Waals surface area (Å²) in [5.74, 6) is 1.78. The van der Waals surface area contributed by atoms with Gasteiger partial charge in [0.1, 0.15) is 5.75 Å². The summed E-state index contributed by atoms with van der Waals surface area (Å²) in [6, 6.07) is 7.51. The molecule has 0 spiro atoms. The van der Waals surface area contributed by atoms with Gasteiger partial charge in [-0.15, -0.1) is 0 Å². The van der Waals surface area contributed by atoms with E-state index in [0.29, 0.717) is 18.3 Å². The Kier molecular flexibility index (Phi) is 3.90. The van der Waals surface area contributed by atoms with Crippen LogP contribution in [-0.4, -0.2) is 22.9 Å². The number of hydrogen-bond acceptors (Lipinski definition) is 6. The molecule has 2 unspecified atom stereocenters. The SMILES string of the molecule is CC(C)OCC(N)c1noc(C2Cc3ccccc3O2)n1. The van der Waals surface area contributed by atoms with Crippen LogP contribution in [0, 0.1) is 0 Å². The van der Waals surface area contributed by atoms with Crippen LogP contribution in [0.2, 0.25) is 0 Å². The molecule has 0 aliphatic carbocycles. The Morgan fingerprint density at radius 3 is 2.95 bits per heavy atom. The normalized spacial score (nSPS) is 18.6. The van der Waals surface area contributed by atoms with Crippen LogP contribution in [0.4, 0.5) is 0 Å². The van der Waals surface area contributed by atoms with E-state index in [1.807, 2.05) is 38.1 Å². The van der Waals surface area contributed by atoms with E-state index >= 15 is 0 Å². The van der Waals surface area contributed by atoms with Crippen molar-refractivity contribution in [2.24, 2.45) is 5.73 Å². The van der Waals surface area contributed by atoms with E-state index in [-0.39, 0.29) is 12.2 Å². The summed E-state index contributed by atoms with van der Waals surface area (Å²) in [4.78, 5) is 4.35. The Balaban J connectivity index is 1.66. The summed E-state index contributed by atoms with van der Waals surface area (Å²) in [5, 5.41) is 3.93. The van der Waals surface area contributed by atoms with Crippen molar-refractivity contribution in [1.29, 1.82) is 0 Å². The minimum absolute atomic E-state index is 0.120. The fourth-order valence-corrected chi connectivity index (χ4v) is 2.22. The first-order chi connectivity index (χ1) is 10.1. The molecule has 0 fully saturated rings. The first kappa shape index (κ1) is 14.0. The number of fused-ring (bicyclic) bond motifs is 1. The zero-order chi connectivity index (χ0) is 14.8. The Hall–Kier alpha value is -1.92. The third kappa shape index (κ3) is 3.06. The van der Waals surface area contributed by atoms with E-state index in [4.69, 9.17) is 19.7 Å². The van der Waals surface area contributed by atoms with Crippen LogP contribution in [-0.2, 0) is 11.2 Å². The predicted molar refractivity (Wildman–Crippen MR) is 75.8 cm³/mol. The molecule has 1 aromatic carbocycles. The van der Waals surface area contributed by atoms with Crippen molar-refractivity contribution in [2.75, 3.05) is 6.61 Å². The van der Waals surface area contributed by atoms with Gasteiger partial charge in [-0.2, -0.15) is 4.98 Å². The van der Waals surface area contributed by atoms with Crippen molar-refractivity contribution in [3.63, 3.8) is 0 Å². The third-order valence-electron chi connectivity index (χ3n) is 3.32. The van der Waals surface area contributed by atoms with Gasteiger partial charge in [-0.25, -0.2) is 0 Å². The van der Waals surface area contributed by atoms with Crippen LogP contribution in [0.15, 0.2) is 28.8 Å². The Morgan fingerprint density at radius 2 is 2.19 bits per heavy atom. The lowest BCUT2D eigenvalue weighted by atomic mass is 10.1. The molecule has 6 nitrogen and oxygen atoms in total. The molecule has 0 radical (unpaired) electrons. The van der Waals surface area contributed by atoms with Gasteiger partial charge in [0.2, 0.25) is 0 Å². The predicted octanol–water partition coefficient (Wildman–Crippen LogP) is 2.17. The molecule has 0 saturated heterocycles. The summed E-state index contributed by atoms with van der Waals surface area (Å²) in [5.41, 5.74) is 7.14. The first-order valence-electron chi connectivity index (χ1n) is 7.08. The van der Waals surface area contributed by atoms with Gasteiger partial charge in [-0.1, -0.05) is 23.4 Å². The first-order valence-corrected chi connectivity index (χ1v) is 7.08. The highest BCUT2D eigenvalue weighted by atomic mass is 16.5. The number of rotatable bonds is 5. The highest BCUT2D eigenvalue weighted by Crippen LogP contribution is 2.35. The number of aromatic nitrogens is 2. The average Bonchev–Trinajstić information content (AvgIpc) is 3.10. The average molecular weight is 289 g/mol. The van der Waals surface area contributed by atoms with Gasteiger partial charge < -0.3 is 19.7 Å². The topological polar surface area (TPSA) is 83.4 Å². The van der Waals surface area contributed by atoms with Crippen molar-refractivity contribution in [3.05, 3.63) is 41.5 Å². The third-order valence-corrected chi connectivity index (χ3v) is 3.32. The molecule has 6 heteroatoms. The molecular formula is C15H19N3O3. The van der Waals surface area contributed by atoms with E-state index in [2.05, 4.69) is 10.1 Å². The van der Waals surface area contributed by atoms with Gasteiger partial charge in [-0.05, 0) is 25.5 Å². The van der Waals surface area contributed by atoms with Crippen LogP contribution >= 0.6 is 0 Å². The zero-order valence-corrected chi connectivity index (χ0v) is 12.2. The van der Waals surface area contributed by atoms with Gasteiger partial charge in [0.15, 0.2) is 11.9 Å². The van der Waals surface area contributed by atoms with Crippen molar-refractivity contribution < 1.29 is 14.0 Å². The Morgan fingerprint density at radius 1 is 1.38 bits per heavy atom. The second kappa shape index (κ2) is 5.83. The molecule has 112 valence electrons. The molecule has 0 saturated carbocycles. The van der Waals surface area contributed by atoms with Gasteiger partial charge >= 0.3 is 0 Å². The molecule has 0 bridgehead atoms. The van der Waals surface area contributed by atoms with E-state index in [1.54, 1.807) is 0 Å². The monoisotopic (exact) mass is 289 g/mol. The number of para-hydroxylation sites is 1. The maximum atomic E-state index is 5.99. The van der Waals surface area contributed by atoms with E-state index < -0.39 is 6.04 Å². The molecule has 1 aliphatic heterocycles.